The first-order chi connectivity index (χ1) is 16.3. The lowest BCUT2D eigenvalue weighted by Gasteiger charge is -2.62. The minimum atomic E-state index is -0.600. The minimum absolute atomic E-state index is 0.200. The number of fused-ring (bicyclic) bond motifs is 2. The van der Waals surface area contributed by atoms with Crippen molar-refractivity contribution < 1.29 is 9.50 Å². The summed E-state index contributed by atoms with van der Waals surface area (Å²) in [6.45, 7) is 4.38. The molecule has 0 spiro atoms. The van der Waals surface area contributed by atoms with Crippen molar-refractivity contribution in [1.82, 2.24) is 20.2 Å². The van der Waals surface area contributed by atoms with Crippen LogP contribution in [0.2, 0.25) is 0 Å². The first-order valence-corrected chi connectivity index (χ1v) is 11.8. The van der Waals surface area contributed by atoms with Gasteiger partial charge < -0.3 is 20.2 Å². The van der Waals surface area contributed by atoms with Crippen LogP contribution >= 0.6 is 0 Å². The van der Waals surface area contributed by atoms with Crippen molar-refractivity contribution in [2.45, 2.75) is 49.7 Å². The summed E-state index contributed by atoms with van der Waals surface area (Å²) in [4.78, 5) is 13.6. The van der Waals surface area contributed by atoms with Crippen LogP contribution in [-0.4, -0.2) is 43.5 Å². The number of halogens is 1. The lowest BCUT2D eigenvalue weighted by atomic mass is 9.50. The van der Waals surface area contributed by atoms with E-state index >= 15 is 0 Å². The summed E-state index contributed by atoms with van der Waals surface area (Å²) < 4.78 is 14.8. The van der Waals surface area contributed by atoms with E-state index in [-0.39, 0.29) is 11.2 Å². The molecule has 2 aromatic heterocycles. The molecule has 3 aromatic rings. The summed E-state index contributed by atoms with van der Waals surface area (Å²) >= 11 is 0. The van der Waals surface area contributed by atoms with E-state index in [1.54, 1.807) is 24.5 Å². The van der Waals surface area contributed by atoms with E-state index in [0.717, 1.165) is 54.8 Å². The van der Waals surface area contributed by atoms with E-state index in [2.05, 4.69) is 32.0 Å². The quantitative estimate of drug-likeness (QED) is 0.605. The van der Waals surface area contributed by atoms with Gasteiger partial charge >= 0.3 is 0 Å². The molecule has 34 heavy (non-hydrogen) atoms. The van der Waals surface area contributed by atoms with Crippen LogP contribution in [0.15, 0.2) is 43.0 Å². The Bertz CT molecular complexity index is 1350. The lowest BCUT2D eigenvalue weighted by molar-refractivity contribution is -0.133. The second-order valence-electron chi connectivity index (χ2n) is 10.7. The fraction of sp³-hybridized carbons (Fsp3) is 0.440. The van der Waals surface area contributed by atoms with Gasteiger partial charge in [0, 0.05) is 18.5 Å². The van der Waals surface area contributed by atoms with E-state index in [9.17, 15) is 9.50 Å². The number of hydrogen-bond acceptors (Lipinski definition) is 8. The van der Waals surface area contributed by atoms with Crippen molar-refractivity contribution in [3.8, 4) is 0 Å². The zero-order chi connectivity index (χ0) is 23.2. The average Bonchev–Trinajstić information content (AvgIpc) is 3.03. The zero-order valence-electron chi connectivity index (χ0n) is 19.0. The highest BCUT2D eigenvalue weighted by Gasteiger charge is 2.61. The number of nitrogens with one attached hydrogen (secondary N) is 1. The molecule has 4 bridgehead atoms. The molecule has 1 aromatic carbocycles. The highest BCUT2D eigenvalue weighted by molar-refractivity contribution is 5.84. The maximum atomic E-state index is 14.8. The van der Waals surface area contributed by atoms with E-state index in [1.807, 2.05) is 11.9 Å². The Morgan fingerprint density at radius 3 is 2.76 bits per heavy atom. The van der Waals surface area contributed by atoms with E-state index in [0.29, 0.717) is 23.3 Å². The average molecular weight is 460 g/mol. The Morgan fingerprint density at radius 1 is 1.21 bits per heavy atom. The number of aromatic nitrogens is 4. The molecule has 5 aliphatic rings. The van der Waals surface area contributed by atoms with Crippen molar-refractivity contribution in [3.63, 3.8) is 0 Å². The Kier molecular flexibility index (Phi) is 3.91. The number of benzene rings is 1. The van der Waals surface area contributed by atoms with Gasteiger partial charge in [-0.2, -0.15) is 15.2 Å². The molecule has 174 valence electrons. The van der Waals surface area contributed by atoms with Gasteiger partial charge in [0.2, 0.25) is 5.95 Å². The molecule has 9 heteroatoms. The van der Waals surface area contributed by atoms with E-state index in [1.165, 1.54) is 12.5 Å². The Morgan fingerprint density at radius 2 is 2.00 bits per heavy atom. The minimum Gasteiger partial charge on any atom is -0.390 e. The fourth-order valence-corrected chi connectivity index (χ4v) is 7.39. The monoisotopic (exact) mass is 459 g/mol. The van der Waals surface area contributed by atoms with Crippen LogP contribution < -0.4 is 15.1 Å². The molecular weight excluding hydrogens is 433 g/mol. The third-order valence-electron chi connectivity index (χ3n) is 8.29. The maximum absolute atomic E-state index is 14.8. The predicted octanol–water partition coefficient (Wildman–Crippen LogP) is 4.11. The summed E-state index contributed by atoms with van der Waals surface area (Å²) in [5, 5.41) is 22.9. The molecule has 2 atom stereocenters. The van der Waals surface area contributed by atoms with Gasteiger partial charge in [-0.1, -0.05) is 6.58 Å². The molecule has 8 nitrogen and oxygen atoms in total. The van der Waals surface area contributed by atoms with Crippen LogP contribution in [0.25, 0.3) is 10.9 Å². The number of rotatable bonds is 3. The van der Waals surface area contributed by atoms with E-state index < -0.39 is 11.4 Å². The number of anilines is 4. The van der Waals surface area contributed by atoms with Crippen LogP contribution in [0, 0.1) is 17.7 Å². The van der Waals surface area contributed by atoms with Gasteiger partial charge in [-0.3, -0.25) is 0 Å². The van der Waals surface area contributed by atoms with Gasteiger partial charge in [-0.25, -0.2) is 9.37 Å². The molecule has 0 amide bonds. The summed E-state index contributed by atoms with van der Waals surface area (Å²) in [5.74, 6) is 2.55. The molecule has 1 aliphatic heterocycles. The first-order valence-electron chi connectivity index (χ1n) is 11.8. The van der Waals surface area contributed by atoms with Crippen molar-refractivity contribution in [3.05, 3.63) is 48.8 Å². The van der Waals surface area contributed by atoms with Gasteiger partial charge in [0.15, 0.2) is 5.82 Å². The molecule has 3 heterocycles. The summed E-state index contributed by atoms with van der Waals surface area (Å²) in [5.41, 5.74) is 0.836. The SMILES string of the molecule is C=C1N(C)c2cnc(Nc3cc4ccnnc4cc3F)nc2N1C12CC3CC(CC(O)(C3)C1)C2. The number of nitrogens with zero attached hydrogens (tertiary/aromatic N) is 6. The van der Waals surface area contributed by atoms with Crippen molar-refractivity contribution in [2.75, 3.05) is 22.2 Å². The van der Waals surface area contributed by atoms with Crippen LogP contribution in [0.5, 0.6) is 0 Å². The van der Waals surface area contributed by atoms with Crippen molar-refractivity contribution >= 4 is 34.0 Å². The molecule has 4 aliphatic carbocycles. The zero-order valence-corrected chi connectivity index (χ0v) is 19.0. The van der Waals surface area contributed by atoms with Gasteiger partial charge in [-0.15, -0.1) is 0 Å². The number of aliphatic hydroxyl groups is 1. The highest BCUT2D eigenvalue weighted by Crippen LogP contribution is 2.62. The molecule has 8 rings (SSSR count). The molecule has 0 saturated heterocycles. The van der Waals surface area contributed by atoms with E-state index in [4.69, 9.17) is 4.98 Å². The smallest absolute Gasteiger partial charge is 0.229 e. The summed E-state index contributed by atoms with van der Waals surface area (Å²) in [7, 11) is 1.97. The van der Waals surface area contributed by atoms with Crippen molar-refractivity contribution in [2.24, 2.45) is 11.8 Å². The maximum Gasteiger partial charge on any atom is 0.229 e. The topological polar surface area (TPSA) is 90.3 Å². The largest absolute Gasteiger partial charge is 0.390 e. The first kappa shape index (κ1) is 20.1. The Hall–Kier alpha value is -3.33. The van der Waals surface area contributed by atoms with Crippen LogP contribution in [0.1, 0.15) is 38.5 Å². The van der Waals surface area contributed by atoms with Crippen LogP contribution in [0.4, 0.5) is 27.5 Å². The predicted molar refractivity (Wildman–Crippen MR) is 127 cm³/mol. The van der Waals surface area contributed by atoms with Crippen LogP contribution in [-0.2, 0) is 0 Å². The van der Waals surface area contributed by atoms with Gasteiger partial charge in [-0.05, 0) is 62.5 Å². The molecule has 2 unspecified atom stereocenters. The second-order valence-corrected chi connectivity index (χ2v) is 10.7. The molecule has 2 N–H and O–H groups in total. The third-order valence-corrected chi connectivity index (χ3v) is 8.29. The highest BCUT2D eigenvalue weighted by atomic mass is 19.1. The summed E-state index contributed by atoms with van der Waals surface area (Å²) in [6, 6.07) is 4.83. The number of hydrogen-bond donors (Lipinski definition) is 2. The fourth-order valence-electron chi connectivity index (χ4n) is 7.39. The second kappa shape index (κ2) is 6.63. The molecular formula is C25H26FN7O. The van der Waals surface area contributed by atoms with Crippen LogP contribution in [0.3, 0.4) is 0 Å². The standard InChI is InChI=1S/C25H26FN7O/c1-14-32(2)21-12-27-23(29-20-6-17-3-4-28-31-19(17)7-18(20)26)30-22(21)33(14)24-8-15-5-16(9-24)11-25(34,10-15)13-24/h3-4,6-7,12,15-16,34H,1,5,8-11,13H2,2H3,(H,27,29,30). The Labute approximate surface area is 196 Å². The molecule has 4 fully saturated rings. The van der Waals surface area contributed by atoms with Crippen molar-refractivity contribution in [1.29, 1.82) is 0 Å². The third kappa shape index (κ3) is 2.79. The normalized spacial score (nSPS) is 31.4. The molecule has 0 radical (unpaired) electrons. The van der Waals surface area contributed by atoms with Gasteiger partial charge in [0.1, 0.15) is 17.3 Å². The molecule has 4 saturated carbocycles. The Balaban J connectivity index is 1.28. The van der Waals surface area contributed by atoms with Gasteiger partial charge in [0.25, 0.3) is 0 Å². The van der Waals surface area contributed by atoms with Gasteiger partial charge in [0.05, 0.1) is 34.7 Å². The lowest BCUT2D eigenvalue weighted by Crippen LogP contribution is -2.65. The summed E-state index contributed by atoms with van der Waals surface area (Å²) in [6.07, 6.45) is 9.13.